The number of allylic oxidation sites excluding steroid dienone is 1. The minimum Gasteiger partial charge on any atom is -0.494 e. The molecule has 0 unspecified atom stereocenters. The predicted molar refractivity (Wildman–Crippen MR) is 163 cm³/mol. The van der Waals surface area contributed by atoms with Crippen LogP contribution in [0.1, 0.15) is 34.6 Å². The van der Waals surface area contributed by atoms with E-state index in [4.69, 9.17) is 18.9 Å². The number of nitrogens with one attached hydrogen (secondary N) is 1. The second kappa shape index (κ2) is 14.0. The molecule has 0 fully saturated rings. The van der Waals surface area contributed by atoms with Crippen molar-refractivity contribution in [2.45, 2.75) is 52.1 Å². The summed E-state index contributed by atoms with van der Waals surface area (Å²) in [6.45, 7) is 12.1. The van der Waals surface area contributed by atoms with Crippen LogP contribution in [0.15, 0.2) is 58.3 Å². The number of anilines is 1. The van der Waals surface area contributed by atoms with Crippen LogP contribution in [0, 0.1) is 0 Å². The SMILES string of the molecule is C=N/C(C)=C\N=C(C)[C@H](OC(C)C)[C@H](C)S(=O)(=O)Nc1nnc(-c2cccc(OC)n2)n1-c1c(OC)cccc1OC. The Kier molecular flexibility index (Phi) is 10.8. The third-order valence-corrected chi connectivity index (χ3v) is 7.83. The van der Waals surface area contributed by atoms with Crippen molar-refractivity contribution in [3.63, 3.8) is 0 Å². The fourth-order valence-electron chi connectivity index (χ4n) is 3.97. The third kappa shape index (κ3) is 7.31. The van der Waals surface area contributed by atoms with Crippen molar-refractivity contribution in [3.05, 3.63) is 48.3 Å². The number of hydrogen-bond donors (Lipinski definition) is 1. The molecule has 13 nitrogen and oxygen atoms in total. The van der Waals surface area contributed by atoms with Crippen molar-refractivity contribution in [1.82, 2.24) is 19.7 Å². The van der Waals surface area contributed by atoms with E-state index in [0.29, 0.717) is 40.2 Å². The molecule has 0 bridgehead atoms. The molecule has 0 saturated heterocycles. The first kappa shape index (κ1) is 32.2. The Hall–Kier alpha value is -4.30. The molecule has 2 atom stereocenters. The first-order valence-electron chi connectivity index (χ1n) is 13.0. The summed E-state index contributed by atoms with van der Waals surface area (Å²) >= 11 is 0. The standard InChI is InChI=1S/C28H37N7O6S/c1-17(2)41-26(19(4)30-16-18(3)29-6)20(5)42(36,37)34-28-33-32-27(21-12-10-15-24(31-21)40-9)35(28)25-22(38-7)13-11-14-23(25)39-8/h10-17,20,26H,6H2,1-5,7-9H3,(H,33,34)/b18-16-,30-19?/t20-,26-/m0/s1. The molecule has 2 aromatic heterocycles. The Balaban J connectivity index is 2.19. The van der Waals surface area contributed by atoms with Gasteiger partial charge in [-0.2, -0.15) is 0 Å². The monoisotopic (exact) mass is 599 g/mol. The molecular weight excluding hydrogens is 562 g/mol. The van der Waals surface area contributed by atoms with Crippen molar-refractivity contribution in [3.8, 4) is 34.6 Å². The van der Waals surface area contributed by atoms with Crippen LogP contribution in [-0.2, 0) is 14.8 Å². The number of aliphatic imine (C=N–C) groups is 2. The van der Waals surface area contributed by atoms with Gasteiger partial charge in [-0.1, -0.05) is 12.1 Å². The lowest BCUT2D eigenvalue weighted by Gasteiger charge is -2.26. The Morgan fingerprint density at radius 3 is 2.21 bits per heavy atom. The van der Waals surface area contributed by atoms with Crippen molar-refractivity contribution >= 4 is 28.4 Å². The number of benzene rings is 1. The van der Waals surface area contributed by atoms with Gasteiger partial charge in [0.25, 0.3) is 0 Å². The van der Waals surface area contributed by atoms with Crippen LogP contribution < -0.4 is 18.9 Å². The maximum absolute atomic E-state index is 13.9. The van der Waals surface area contributed by atoms with Crippen LogP contribution in [0.5, 0.6) is 17.4 Å². The lowest BCUT2D eigenvalue weighted by molar-refractivity contribution is 0.0462. The first-order valence-corrected chi connectivity index (χ1v) is 14.5. The zero-order valence-electron chi connectivity index (χ0n) is 25.0. The van der Waals surface area contributed by atoms with E-state index in [0.717, 1.165) is 0 Å². The molecule has 0 amide bonds. The number of nitrogens with zero attached hydrogens (tertiary/aromatic N) is 6. The smallest absolute Gasteiger partial charge is 0.243 e. The highest BCUT2D eigenvalue weighted by molar-refractivity contribution is 7.93. The number of rotatable bonds is 14. The number of ether oxygens (including phenoxy) is 4. The molecule has 0 aliphatic carbocycles. The summed E-state index contributed by atoms with van der Waals surface area (Å²) in [5.41, 5.74) is 1.75. The molecule has 226 valence electrons. The van der Waals surface area contributed by atoms with Gasteiger partial charge in [-0.3, -0.25) is 19.3 Å². The number of pyridine rings is 1. The molecule has 0 aliphatic rings. The van der Waals surface area contributed by atoms with Gasteiger partial charge in [-0.05, 0) is 59.5 Å². The summed E-state index contributed by atoms with van der Waals surface area (Å²) in [7, 11) is 0.316. The Morgan fingerprint density at radius 2 is 1.64 bits per heavy atom. The van der Waals surface area contributed by atoms with Crippen LogP contribution >= 0.6 is 0 Å². The summed E-state index contributed by atoms with van der Waals surface area (Å²) < 4.78 is 54.4. The predicted octanol–water partition coefficient (Wildman–Crippen LogP) is 4.30. The number of aromatic nitrogens is 4. The molecule has 42 heavy (non-hydrogen) atoms. The van der Waals surface area contributed by atoms with E-state index in [1.54, 1.807) is 50.2 Å². The highest BCUT2D eigenvalue weighted by Gasteiger charge is 2.35. The first-order chi connectivity index (χ1) is 20.0. The second-order valence-corrected chi connectivity index (χ2v) is 11.5. The van der Waals surface area contributed by atoms with Gasteiger partial charge in [0.15, 0.2) is 5.82 Å². The van der Waals surface area contributed by atoms with Crippen molar-refractivity contribution in [2.24, 2.45) is 9.98 Å². The van der Waals surface area contributed by atoms with Crippen LogP contribution in [-0.4, -0.2) is 79.4 Å². The van der Waals surface area contributed by atoms with E-state index >= 15 is 0 Å². The summed E-state index contributed by atoms with van der Waals surface area (Å²) in [6, 6.07) is 10.3. The summed E-state index contributed by atoms with van der Waals surface area (Å²) in [5, 5.41) is 7.41. The van der Waals surface area contributed by atoms with Gasteiger partial charge in [0, 0.05) is 18.0 Å². The maximum Gasteiger partial charge on any atom is 0.243 e. The van der Waals surface area contributed by atoms with E-state index < -0.39 is 21.4 Å². The Bertz CT molecular complexity index is 1540. The molecular formula is C28H37N7O6S. The molecule has 1 aromatic carbocycles. The van der Waals surface area contributed by atoms with Crippen LogP contribution in [0.25, 0.3) is 17.2 Å². The van der Waals surface area contributed by atoms with Crippen LogP contribution in [0.2, 0.25) is 0 Å². The average Bonchev–Trinajstić information content (AvgIpc) is 3.39. The Labute approximate surface area is 246 Å². The zero-order valence-corrected chi connectivity index (χ0v) is 25.8. The summed E-state index contributed by atoms with van der Waals surface area (Å²) in [6.07, 6.45) is 0.324. The number of sulfonamides is 1. The fourth-order valence-corrected chi connectivity index (χ4v) is 5.13. The molecule has 0 radical (unpaired) electrons. The number of methoxy groups -OCH3 is 3. The molecule has 1 N–H and O–H groups in total. The number of para-hydroxylation sites is 1. The molecule has 14 heteroatoms. The molecule has 0 aliphatic heterocycles. The van der Waals surface area contributed by atoms with Crippen LogP contribution in [0.4, 0.5) is 5.95 Å². The van der Waals surface area contributed by atoms with Gasteiger partial charge < -0.3 is 18.9 Å². The lowest BCUT2D eigenvalue weighted by Crippen LogP contribution is -2.43. The van der Waals surface area contributed by atoms with E-state index in [9.17, 15) is 8.42 Å². The maximum atomic E-state index is 13.9. The van der Waals surface area contributed by atoms with E-state index in [-0.39, 0.29) is 17.9 Å². The molecule has 2 heterocycles. The van der Waals surface area contributed by atoms with Gasteiger partial charge in [0.1, 0.15) is 34.2 Å². The quantitative estimate of drug-likeness (QED) is 0.267. The van der Waals surface area contributed by atoms with Gasteiger partial charge >= 0.3 is 0 Å². The molecule has 3 aromatic rings. The van der Waals surface area contributed by atoms with E-state index in [1.807, 2.05) is 13.8 Å². The second-order valence-electron chi connectivity index (χ2n) is 9.42. The minimum absolute atomic E-state index is 0.117. The fraction of sp³-hybridized carbons (Fsp3) is 0.393. The van der Waals surface area contributed by atoms with Gasteiger partial charge in [-0.15, -0.1) is 10.2 Å². The highest BCUT2D eigenvalue weighted by atomic mass is 32.2. The molecule has 0 saturated carbocycles. The van der Waals surface area contributed by atoms with Crippen molar-refractivity contribution in [2.75, 3.05) is 26.1 Å². The van der Waals surface area contributed by atoms with Gasteiger partial charge in [0.2, 0.25) is 21.9 Å². The van der Waals surface area contributed by atoms with Gasteiger partial charge in [-0.25, -0.2) is 13.4 Å². The minimum atomic E-state index is -4.16. The average molecular weight is 600 g/mol. The normalized spacial score (nSPS) is 13.9. The number of hydrogen-bond acceptors (Lipinski definition) is 11. The van der Waals surface area contributed by atoms with Crippen molar-refractivity contribution in [1.29, 1.82) is 0 Å². The van der Waals surface area contributed by atoms with E-state index in [2.05, 4.69) is 36.6 Å². The summed E-state index contributed by atoms with van der Waals surface area (Å²) in [4.78, 5) is 12.7. The third-order valence-electron chi connectivity index (χ3n) is 6.13. The topological polar surface area (TPSA) is 151 Å². The van der Waals surface area contributed by atoms with E-state index in [1.165, 1.54) is 39.0 Å². The van der Waals surface area contributed by atoms with Crippen molar-refractivity contribution < 1.29 is 27.4 Å². The zero-order chi connectivity index (χ0) is 31.0. The molecule has 3 rings (SSSR count). The largest absolute Gasteiger partial charge is 0.494 e. The lowest BCUT2D eigenvalue weighted by atomic mass is 10.2. The summed E-state index contributed by atoms with van der Waals surface area (Å²) in [5.74, 6) is 1.20. The molecule has 0 spiro atoms. The van der Waals surface area contributed by atoms with Crippen LogP contribution in [0.3, 0.4) is 0 Å². The Morgan fingerprint density at radius 1 is 1.00 bits per heavy atom. The van der Waals surface area contributed by atoms with Gasteiger partial charge in [0.05, 0.1) is 33.1 Å². The highest BCUT2D eigenvalue weighted by Crippen LogP contribution is 2.37.